The van der Waals surface area contributed by atoms with E-state index >= 15 is 0 Å². The van der Waals surface area contributed by atoms with Gasteiger partial charge in [-0.3, -0.25) is 4.79 Å². The first kappa shape index (κ1) is 17.6. The lowest BCUT2D eigenvalue weighted by Crippen LogP contribution is -2.31. The molecule has 2 aromatic rings. The minimum Gasteiger partial charge on any atom is -0.480 e. The molecule has 0 aliphatic rings. The largest absolute Gasteiger partial charge is 0.480 e. The van der Waals surface area contributed by atoms with E-state index in [0.29, 0.717) is 5.56 Å². The quantitative estimate of drug-likeness (QED) is 0.822. The first-order valence-electron chi connectivity index (χ1n) is 6.84. The van der Waals surface area contributed by atoms with E-state index in [-0.39, 0.29) is 10.5 Å². The van der Waals surface area contributed by atoms with Gasteiger partial charge in [-0.25, -0.2) is 13.2 Å². The molecule has 126 valence electrons. The number of sulfonamides is 1. The highest BCUT2D eigenvalue weighted by Gasteiger charge is 2.22. The van der Waals surface area contributed by atoms with Crippen molar-refractivity contribution >= 4 is 22.0 Å². The molecule has 2 N–H and O–H groups in total. The maximum absolute atomic E-state index is 12.2. The Kier molecular flexibility index (Phi) is 5.01. The van der Waals surface area contributed by atoms with Crippen LogP contribution < -0.4 is 0 Å². The molecule has 2 aromatic carbocycles. The van der Waals surface area contributed by atoms with Crippen molar-refractivity contribution in [2.75, 3.05) is 13.6 Å². The standard InChI is InChI=1S/C16H15NO6S/c1-17(10-15(18)19)24(22,23)14-8-6-12(7-9-14)11-2-4-13(5-3-11)16(20)21/h2-9H,10H2,1H3,(H,18,19)(H,20,21). The molecule has 2 rings (SSSR count). The number of carboxylic acids is 2. The predicted molar refractivity (Wildman–Crippen MR) is 86.3 cm³/mol. The molecular formula is C16H15NO6S. The third-order valence-corrected chi connectivity index (χ3v) is 5.20. The Hall–Kier alpha value is -2.71. The summed E-state index contributed by atoms with van der Waals surface area (Å²) in [6.07, 6.45) is 0. The van der Waals surface area contributed by atoms with Crippen LogP contribution in [-0.2, 0) is 14.8 Å². The number of aromatic carboxylic acids is 1. The van der Waals surface area contributed by atoms with Crippen molar-refractivity contribution < 1.29 is 28.2 Å². The molecule has 0 unspecified atom stereocenters. The fourth-order valence-electron chi connectivity index (χ4n) is 2.08. The summed E-state index contributed by atoms with van der Waals surface area (Å²) < 4.78 is 25.2. The molecule has 0 saturated heterocycles. The van der Waals surface area contributed by atoms with E-state index in [0.717, 1.165) is 9.87 Å². The van der Waals surface area contributed by atoms with Crippen molar-refractivity contribution in [1.29, 1.82) is 0 Å². The van der Waals surface area contributed by atoms with Crippen LogP contribution in [0, 0.1) is 0 Å². The second kappa shape index (κ2) is 6.81. The highest BCUT2D eigenvalue weighted by molar-refractivity contribution is 7.89. The van der Waals surface area contributed by atoms with Crippen LogP contribution in [0.3, 0.4) is 0 Å². The zero-order valence-electron chi connectivity index (χ0n) is 12.7. The van der Waals surface area contributed by atoms with E-state index in [1.54, 1.807) is 24.3 Å². The minimum absolute atomic E-state index is 0.0165. The van der Waals surface area contributed by atoms with Gasteiger partial charge in [-0.1, -0.05) is 24.3 Å². The molecule has 0 bridgehead atoms. The zero-order valence-corrected chi connectivity index (χ0v) is 13.5. The minimum atomic E-state index is -3.88. The fourth-order valence-corrected chi connectivity index (χ4v) is 3.20. The Bertz CT molecular complexity index is 856. The van der Waals surface area contributed by atoms with Crippen LogP contribution in [-0.4, -0.2) is 48.5 Å². The van der Waals surface area contributed by atoms with Gasteiger partial charge in [-0.2, -0.15) is 4.31 Å². The third kappa shape index (κ3) is 3.79. The predicted octanol–water partition coefficient (Wildman–Crippen LogP) is 1.76. The smallest absolute Gasteiger partial charge is 0.335 e. The van der Waals surface area contributed by atoms with E-state index in [9.17, 15) is 18.0 Å². The van der Waals surface area contributed by atoms with Crippen LogP contribution in [0.4, 0.5) is 0 Å². The average Bonchev–Trinajstić information content (AvgIpc) is 2.54. The summed E-state index contributed by atoms with van der Waals surface area (Å²) in [5, 5.41) is 17.6. The molecule has 8 heteroatoms. The Morgan fingerprint density at radius 3 is 1.79 bits per heavy atom. The summed E-state index contributed by atoms with van der Waals surface area (Å²) in [7, 11) is -2.68. The molecule has 0 radical (unpaired) electrons. The van der Waals surface area contributed by atoms with Gasteiger partial charge in [0.1, 0.15) is 6.54 Å². The molecule has 0 heterocycles. The van der Waals surface area contributed by atoms with Gasteiger partial charge < -0.3 is 10.2 Å². The average molecular weight is 349 g/mol. The molecule has 0 aliphatic heterocycles. The second-order valence-corrected chi connectivity index (χ2v) is 7.11. The Morgan fingerprint density at radius 2 is 1.38 bits per heavy atom. The van der Waals surface area contributed by atoms with Crippen molar-refractivity contribution in [3.63, 3.8) is 0 Å². The number of rotatable bonds is 6. The fraction of sp³-hybridized carbons (Fsp3) is 0.125. The maximum atomic E-state index is 12.2. The first-order valence-corrected chi connectivity index (χ1v) is 8.28. The van der Waals surface area contributed by atoms with Crippen LogP contribution in [0.25, 0.3) is 11.1 Å². The van der Waals surface area contributed by atoms with Crippen molar-refractivity contribution in [3.05, 3.63) is 54.1 Å². The van der Waals surface area contributed by atoms with Crippen LogP contribution in [0.1, 0.15) is 10.4 Å². The van der Waals surface area contributed by atoms with Gasteiger partial charge in [0.15, 0.2) is 0 Å². The highest BCUT2D eigenvalue weighted by atomic mass is 32.2. The van der Waals surface area contributed by atoms with Gasteiger partial charge in [0, 0.05) is 7.05 Å². The highest BCUT2D eigenvalue weighted by Crippen LogP contribution is 2.23. The number of aliphatic carboxylic acids is 1. The SMILES string of the molecule is CN(CC(=O)O)S(=O)(=O)c1ccc(-c2ccc(C(=O)O)cc2)cc1. The van der Waals surface area contributed by atoms with Crippen molar-refractivity contribution in [3.8, 4) is 11.1 Å². The lowest BCUT2D eigenvalue weighted by molar-refractivity contribution is -0.137. The molecule has 24 heavy (non-hydrogen) atoms. The summed E-state index contributed by atoms with van der Waals surface area (Å²) in [5.41, 5.74) is 1.61. The van der Waals surface area contributed by atoms with Crippen molar-refractivity contribution in [2.45, 2.75) is 4.90 Å². The molecule has 0 spiro atoms. The Labute approximate surface area is 138 Å². The molecule has 0 aliphatic carbocycles. The van der Waals surface area contributed by atoms with E-state index < -0.39 is 28.5 Å². The van der Waals surface area contributed by atoms with Gasteiger partial charge in [-0.15, -0.1) is 0 Å². The van der Waals surface area contributed by atoms with Crippen molar-refractivity contribution in [1.82, 2.24) is 4.31 Å². The summed E-state index contributed by atoms with van der Waals surface area (Å²) in [5.74, 6) is -2.26. The van der Waals surface area contributed by atoms with E-state index in [1.165, 1.54) is 31.3 Å². The number of hydrogen-bond donors (Lipinski definition) is 2. The van der Waals surface area contributed by atoms with Gasteiger partial charge in [0.05, 0.1) is 10.5 Å². The lowest BCUT2D eigenvalue weighted by atomic mass is 10.0. The first-order chi connectivity index (χ1) is 11.2. The normalized spacial score (nSPS) is 11.4. The van der Waals surface area contributed by atoms with Gasteiger partial charge in [0.2, 0.25) is 10.0 Å². The molecule has 0 amide bonds. The number of carbonyl (C=O) groups is 2. The van der Waals surface area contributed by atoms with Gasteiger partial charge in [0.25, 0.3) is 0 Å². The number of hydrogen-bond acceptors (Lipinski definition) is 4. The number of nitrogens with zero attached hydrogens (tertiary/aromatic N) is 1. The summed E-state index contributed by atoms with van der Waals surface area (Å²) in [4.78, 5) is 21.5. The summed E-state index contributed by atoms with van der Waals surface area (Å²) >= 11 is 0. The van der Waals surface area contributed by atoms with Crippen LogP contribution in [0.15, 0.2) is 53.4 Å². The van der Waals surface area contributed by atoms with Crippen LogP contribution in [0.5, 0.6) is 0 Å². The molecule has 0 saturated carbocycles. The maximum Gasteiger partial charge on any atom is 0.335 e. The topological polar surface area (TPSA) is 112 Å². The molecule has 0 fully saturated rings. The summed E-state index contributed by atoms with van der Waals surface area (Å²) in [6.45, 7) is -0.624. The van der Waals surface area contributed by atoms with Gasteiger partial charge in [-0.05, 0) is 35.4 Å². The Balaban J connectivity index is 2.27. The molecule has 0 aromatic heterocycles. The molecule has 7 nitrogen and oxygen atoms in total. The van der Waals surface area contributed by atoms with E-state index in [2.05, 4.69) is 0 Å². The monoisotopic (exact) mass is 349 g/mol. The van der Waals surface area contributed by atoms with E-state index in [4.69, 9.17) is 10.2 Å². The number of benzene rings is 2. The van der Waals surface area contributed by atoms with Crippen molar-refractivity contribution in [2.24, 2.45) is 0 Å². The molecule has 0 atom stereocenters. The second-order valence-electron chi connectivity index (χ2n) is 5.06. The van der Waals surface area contributed by atoms with Crippen LogP contribution in [0.2, 0.25) is 0 Å². The van der Waals surface area contributed by atoms with Gasteiger partial charge >= 0.3 is 11.9 Å². The number of likely N-dealkylation sites (N-methyl/N-ethyl adjacent to an activating group) is 1. The third-order valence-electron chi connectivity index (χ3n) is 3.39. The molecular weight excluding hydrogens is 334 g/mol. The number of carboxylic acid groups (broad SMARTS) is 2. The lowest BCUT2D eigenvalue weighted by Gasteiger charge is -2.15. The summed E-state index contributed by atoms with van der Waals surface area (Å²) in [6, 6.07) is 12.1. The Morgan fingerprint density at radius 1 is 0.917 bits per heavy atom. The van der Waals surface area contributed by atoms with Crippen LogP contribution >= 0.6 is 0 Å². The zero-order chi connectivity index (χ0) is 17.9. The van der Waals surface area contributed by atoms with E-state index in [1.807, 2.05) is 0 Å².